The molecule has 7 nitrogen and oxygen atoms in total. The van der Waals surface area contributed by atoms with Crippen molar-refractivity contribution >= 4 is 11.6 Å². The smallest absolute Gasteiger partial charge is 0.423 e. The highest BCUT2D eigenvalue weighted by atomic mass is 19.4. The Kier molecular flexibility index (Phi) is 4.16. The van der Waals surface area contributed by atoms with Crippen LogP contribution in [0.4, 0.5) is 18.9 Å². The molecule has 1 amide bonds. The normalized spacial score (nSPS) is 11.1. The summed E-state index contributed by atoms with van der Waals surface area (Å²) in [4.78, 5) is 24.2. The van der Waals surface area contributed by atoms with Crippen LogP contribution in [0, 0.1) is 10.1 Å². The van der Waals surface area contributed by atoms with Crippen LogP contribution in [0.1, 0.15) is 15.9 Å². The second-order valence-corrected chi connectivity index (χ2v) is 4.31. The number of halogens is 3. The lowest BCUT2D eigenvalue weighted by Crippen LogP contribution is -2.11. The van der Waals surface area contributed by atoms with Crippen molar-refractivity contribution in [2.75, 3.05) is 0 Å². The molecule has 10 heteroatoms. The maximum atomic E-state index is 12.9. The fourth-order valence-electron chi connectivity index (χ4n) is 1.71. The summed E-state index contributed by atoms with van der Waals surface area (Å²) in [5.74, 6) is -1.13. The number of primary amides is 1. The number of ether oxygens (including phenoxy) is 1. The van der Waals surface area contributed by atoms with E-state index in [1.165, 1.54) is 6.07 Å². The first kappa shape index (κ1) is 16.2. The summed E-state index contributed by atoms with van der Waals surface area (Å²) in [5, 5.41) is 10.7. The van der Waals surface area contributed by atoms with Gasteiger partial charge < -0.3 is 10.5 Å². The summed E-state index contributed by atoms with van der Waals surface area (Å²) in [6.45, 7) is 0. The van der Waals surface area contributed by atoms with Crippen molar-refractivity contribution in [2.45, 2.75) is 6.18 Å². The van der Waals surface area contributed by atoms with Gasteiger partial charge in [-0.05, 0) is 18.2 Å². The molecule has 0 saturated heterocycles. The van der Waals surface area contributed by atoms with Gasteiger partial charge in [-0.2, -0.15) is 13.2 Å². The molecule has 120 valence electrons. The number of nitrogens with two attached hydrogens (primary N) is 1. The molecule has 2 aromatic rings. The molecule has 0 aliphatic rings. The first-order valence-electron chi connectivity index (χ1n) is 5.97. The molecule has 0 atom stereocenters. The number of amides is 1. The lowest BCUT2D eigenvalue weighted by molar-refractivity contribution is -0.388. The predicted molar refractivity (Wildman–Crippen MR) is 70.9 cm³/mol. The van der Waals surface area contributed by atoms with Crippen LogP contribution in [0.25, 0.3) is 0 Å². The maximum Gasteiger partial charge on any atom is 0.423 e. The Morgan fingerprint density at radius 1 is 1.22 bits per heavy atom. The van der Waals surface area contributed by atoms with Gasteiger partial charge in [-0.25, -0.2) is 0 Å². The van der Waals surface area contributed by atoms with Crippen molar-refractivity contribution in [3.8, 4) is 11.5 Å². The van der Waals surface area contributed by atoms with Gasteiger partial charge in [0.15, 0.2) is 0 Å². The summed E-state index contributed by atoms with van der Waals surface area (Å²) in [5.41, 5.74) is 2.52. The number of nitrogens with zero attached hydrogens (tertiary/aromatic N) is 2. The number of alkyl halides is 3. The molecule has 0 saturated carbocycles. The van der Waals surface area contributed by atoms with Crippen LogP contribution in [-0.2, 0) is 6.18 Å². The maximum absolute atomic E-state index is 12.9. The highest BCUT2D eigenvalue weighted by molar-refractivity contribution is 5.92. The molecule has 0 bridgehead atoms. The van der Waals surface area contributed by atoms with Crippen LogP contribution in [-0.4, -0.2) is 15.8 Å². The van der Waals surface area contributed by atoms with Crippen LogP contribution >= 0.6 is 0 Å². The van der Waals surface area contributed by atoms with Crippen molar-refractivity contribution in [1.29, 1.82) is 0 Å². The third-order valence-electron chi connectivity index (χ3n) is 2.70. The Bertz CT molecular complexity index is 777. The molecule has 1 heterocycles. The Morgan fingerprint density at radius 3 is 2.48 bits per heavy atom. The molecular weight excluding hydrogens is 319 g/mol. The monoisotopic (exact) mass is 327 g/mol. The zero-order chi connectivity index (χ0) is 17.2. The highest BCUT2D eigenvalue weighted by Gasteiger charge is 2.38. The Morgan fingerprint density at radius 2 is 1.91 bits per heavy atom. The zero-order valence-corrected chi connectivity index (χ0v) is 11.2. The van der Waals surface area contributed by atoms with Gasteiger partial charge in [0.05, 0.1) is 16.7 Å². The van der Waals surface area contributed by atoms with E-state index in [0.717, 1.165) is 18.5 Å². The topological polar surface area (TPSA) is 108 Å². The van der Waals surface area contributed by atoms with Gasteiger partial charge in [0.2, 0.25) is 5.91 Å². The molecule has 0 aliphatic heterocycles. The van der Waals surface area contributed by atoms with Crippen molar-refractivity contribution in [3.05, 3.63) is 57.9 Å². The van der Waals surface area contributed by atoms with Crippen LogP contribution in [0.5, 0.6) is 11.5 Å². The molecule has 2 rings (SSSR count). The van der Waals surface area contributed by atoms with Crippen LogP contribution in [0.15, 0.2) is 36.7 Å². The molecule has 1 aromatic heterocycles. The zero-order valence-electron chi connectivity index (χ0n) is 11.2. The van der Waals surface area contributed by atoms with Crippen molar-refractivity contribution in [3.63, 3.8) is 0 Å². The van der Waals surface area contributed by atoms with E-state index in [1.807, 2.05) is 0 Å². The molecule has 0 radical (unpaired) electrons. The molecule has 1 aromatic carbocycles. The van der Waals surface area contributed by atoms with E-state index >= 15 is 0 Å². The first-order chi connectivity index (χ1) is 10.7. The third-order valence-corrected chi connectivity index (χ3v) is 2.70. The van der Waals surface area contributed by atoms with Gasteiger partial charge in [0, 0.05) is 12.3 Å². The van der Waals surface area contributed by atoms with E-state index in [1.54, 1.807) is 0 Å². The van der Waals surface area contributed by atoms with Gasteiger partial charge in [0.1, 0.15) is 17.1 Å². The highest BCUT2D eigenvalue weighted by Crippen LogP contribution is 2.38. The number of carbonyl (C=O) groups is 1. The minimum Gasteiger partial charge on any atom is -0.456 e. The minimum absolute atomic E-state index is 0.000423. The lowest BCUT2D eigenvalue weighted by atomic mass is 10.1. The summed E-state index contributed by atoms with van der Waals surface area (Å²) in [7, 11) is 0. The van der Waals surface area contributed by atoms with E-state index < -0.39 is 28.3 Å². The Balaban J connectivity index is 2.40. The quantitative estimate of drug-likeness (QED) is 0.686. The fourth-order valence-corrected chi connectivity index (χ4v) is 1.71. The summed E-state index contributed by atoms with van der Waals surface area (Å²) in [6.07, 6.45) is -2.61. The van der Waals surface area contributed by atoms with Gasteiger partial charge in [-0.15, -0.1) is 0 Å². The van der Waals surface area contributed by atoms with Crippen molar-refractivity contribution in [2.24, 2.45) is 5.73 Å². The number of rotatable bonds is 4. The second-order valence-electron chi connectivity index (χ2n) is 4.31. The number of aromatic nitrogens is 1. The van der Waals surface area contributed by atoms with Gasteiger partial charge in [-0.1, -0.05) is 0 Å². The van der Waals surface area contributed by atoms with Gasteiger partial charge in [-0.3, -0.25) is 19.9 Å². The number of hydrogen-bond donors (Lipinski definition) is 1. The van der Waals surface area contributed by atoms with E-state index in [-0.39, 0.29) is 17.1 Å². The average molecular weight is 327 g/mol. The van der Waals surface area contributed by atoms with Crippen LogP contribution < -0.4 is 10.5 Å². The van der Waals surface area contributed by atoms with E-state index in [4.69, 9.17) is 10.5 Å². The minimum atomic E-state index is -4.92. The summed E-state index contributed by atoms with van der Waals surface area (Å²) >= 11 is 0. The largest absolute Gasteiger partial charge is 0.456 e. The van der Waals surface area contributed by atoms with E-state index in [2.05, 4.69) is 4.98 Å². The average Bonchev–Trinajstić information content (AvgIpc) is 2.46. The summed E-state index contributed by atoms with van der Waals surface area (Å²) < 4.78 is 43.7. The SMILES string of the molecule is NC(=O)c1cncc(Oc2ccc([N+](=O)[O-])c(C(F)(F)F)c2)c1. The van der Waals surface area contributed by atoms with E-state index in [9.17, 15) is 28.1 Å². The lowest BCUT2D eigenvalue weighted by Gasteiger charge is -2.10. The number of hydrogen-bond acceptors (Lipinski definition) is 5. The number of nitro benzene ring substituents is 1. The second kappa shape index (κ2) is 5.91. The van der Waals surface area contributed by atoms with Gasteiger partial charge >= 0.3 is 6.18 Å². The van der Waals surface area contributed by atoms with E-state index in [0.29, 0.717) is 12.1 Å². The summed E-state index contributed by atoms with van der Waals surface area (Å²) in [6, 6.07) is 3.37. The molecule has 0 unspecified atom stereocenters. The standard InChI is InChI=1S/C13H8F3N3O4/c14-13(15,16)10-4-8(1-2-11(10)19(21)22)23-9-3-7(12(17)20)5-18-6-9/h1-6H,(H2,17,20). The van der Waals surface area contributed by atoms with Crippen LogP contribution in [0.3, 0.4) is 0 Å². The number of nitro groups is 1. The molecular formula is C13H8F3N3O4. The molecule has 0 spiro atoms. The van der Waals surface area contributed by atoms with Gasteiger partial charge in [0.25, 0.3) is 5.69 Å². The Hall–Kier alpha value is -3.17. The predicted octanol–water partition coefficient (Wildman–Crippen LogP) is 2.90. The number of benzene rings is 1. The third kappa shape index (κ3) is 3.73. The fraction of sp³-hybridized carbons (Fsp3) is 0.0769. The van der Waals surface area contributed by atoms with Crippen molar-refractivity contribution < 1.29 is 27.6 Å². The molecule has 0 fully saturated rings. The van der Waals surface area contributed by atoms with Crippen molar-refractivity contribution in [1.82, 2.24) is 4.98 Å². The molecule has 23 heavy (non-hydrogen) atoms. The van der Waals surface area contributed by atoms with Crippen LogP contribution in [0.2, 0.25) is 0 Å². The molecule has 2 N–H and O–H groups in total. The Labute approximate surface area is 126 Å². The number of pyridine rings is 1. The number of carbonyl (C=O) groups excluding carboxylic acids is 1. The molecule has 0 aliphatic carbocycles. The first-order valence-corrected chi connectivity index (χ1v) is 5.97.